The summed E-state index contributed by atoms with van der Waals surface area (Å²) < 4.78 is 4.87. The molecule has 248 valence electrons. The smallest absolute Gasteiger partial charge is 0.341 e. The van der Waals surface area contributed by atoms with Crippen LogP contribution in [0.25, 0.3) is 0 Å². The summed E-state index contributed by atoms with van der Waals surface area (Å²) in [7, 11) is 0. The molecule has 1 aliphatic rings. The summed E-state index contributed by atoms with van der Waals surface area (Å²) in [5.41, 5.74) is 5.54. The molecule has 4 nitrogen and oxygen atoms in total. The van der Waals surface area contributed by atoms with Gasteiger partial charge in [0.1, 0.15) is 6.61 Å². The van der Waals surface area contributed by atoms with E-state index in [2.05, 4.69) is 58.9 Å². The Labute approximate surface area is 270 Å². The topological polar surface area (TPSA) is 63.6 Å². The maximum Gasteiger partial charge on any atom is 0.341 e. The van der Waals surface area contributed by atoms with E-state index in [9.17, 15) is 9.59 Å². The number of carbonyl (C=O) groups is 2. The van der Waals surface area contributed by atoms with Gasteiger partial charge in [0.25, 0.3) is 0 Å². The van der Waals surface area contributed by atoms with Crippen LogP contribution in [0.2, 0.25) is 0 Å². The van der Waals surface area contributed by atoms with Gasteiger partial charge in [0.15, 0.2) is 0 Å². The number of ether oxygens (including phenoxy) is 1. The highest BCUT2D eigenvalue weighted by Crippen LogP contribution is 2.40. The first kappa shape index (κ1) is 39.6. The van der Waals surface area contributed by atoms with E-state index in [1.165, 1.54) is 94.6 Å². The molecule has 0 spiro atoms. The predicted octanol–water partition coefficient (Wildman–Crippen LogP) is 11.4. The van der Waals surface area contributed by atoms with E-state index in [1.54, 1.807) is 0 Å². The molecule has 0 heterocycles. The molecule has 1 aliphatic carbocycles. The van der Waals surface area contributed by atoms with E-state index in [1.807, 2.05) is 25.2 Å². The largest absolute Gasteiger partial charge is 0.388 e. The SMILES string of the molecule is CCCCCCCC/C=C\CCCCCCCCC(C(=O)OC(=O)CO)=C(C)C=CC=C(C)C=CC1=C(C)CCCC1(C)C. The number of esters is 2. The minimum Gasteiger partial charge on any atom is -0.388 e. The second-order valence-corrected chi connectivity index (χ2v) is 13.3. The summed E-state index contributed by atoms with van der Waals surface area (Å²) in [5.74, 6) is -1.57. The minimum atomic E-state index is -0.915. The Morgan fingerprint density at radius 1 is 0.864 bits per heavy atom. The molecule has 0 aromatic heterocycles. The fourth-order valence-corrected chi connectivity index (χ4v) is 5.93. The summed E-state index contributed by atoms with van der Waals surface area (Å²) in [4.78, 5) is 24.3. The van der Waals surface area contributed by atoms with Gasteiger partial charge in [-0.25, -0.2) is 9.59 Å². The molecule has 1 N–H and O–H groups in total. The maximum absolute atomic E-state index is 12.7. The summed E-state index contributed by atoms with van der Waals surface area (Å²) >= 11 is 0. The number of allylic oxidation sites excluding steroid dienone is 11. The molecule has 44 heavy (non-hydrogen) atoms. The zero-order chi connectivity index (χ0) is 32.6. The van der Waals surface area contributed by atoms with Crippen LogP contribution in [-0.4, -0.2) is 23.7 Å². The highest BCUT2D eigenvalue weighted by Gasteiger charge is 2.26. The highest BCUT2D eigenvalue weighted by atomic mass is 16.6. The second-order valence-electron chi connectivity index (χ2n) is 13.3. The first-order valence-electron chi connectivity index (χ1n) is 17.6. The van der Waals surface area contributed by atoms with Crippen LogP contribution >= 0.6 is 0 Å². The van der Waals surface area contributed by atoms with E-state index in [0.717, 1.165) is 36.8 Å². The van der Waals surface area contributed by atoms with Crippen LogP contribution in [0.1, 0.15) is 157 Å². The van der Waals surface area contributed by atoms with Crippen LogP contribution in [0.15, 0.2) is 70.4 Å². The van der Waals surface area contributed by atoms with Gasteiger partial charge in [-0.15, -0.1) is 0 Å². The molecule has 1 rings (SSSR count). The van der Waals surface area contributed by atoms with Crippen molar-refractivity contribution in [2.24, 2.45) is 5.41 Å². The van der Waals surface area contributed by atoms with Crippen molar-refractivity contribution in [3.05, 3.63) is 70.4 Å². The Morgan fingerprint density at radius 3 is 2.05 bits per heavy atom. The van der Waals surface area contributed by atoms with Gasteiger partial charge >= 0.3 is 11.9 Å². The molecule has 0 bridgehead atoms. The average molecular weight is 609 g/mol. The van der Waals surface area contributed by atoms with Gasteiger partial charge in [0, 0.05) is 5.57 Å². The Morgan fingerprint density at radius 2 is 1.45 bits per heavy atom. The van der Waals surface area contributed by atoms with Crippen LogP contribution in [-0.2, 0) is 14.3 Å². The Bertz CT molecular complexity index is 1030. The number of hydrogen-bond acceptors (Lipinski definition) is 4. The lowest BCUT2D eigenvalue weighted by atomic mass is 9.72. The van der Waals surface area contributed by atoms with E-state index < -0.39 is 18.5 Å². The van der Waals surface area contributed by atoms with Gasteiger partial charge < -0.3 is 9.84 Å². The molecule has 0 aromatic rings. The standard InChI is InChI=1S/C40H64O4/c1-7-8-9-10-11-12-13-14-15-16-17-18-19-20-21-22-28-36(39(43)44-38(42)32-41)34(3)26-23-25-33(2)29-30-37-35(4)27-24-31-40(37,5)6/h14-15,23,25-26,29-30,41H,7-13,16-22,24,27-28,31-32H2,1-6H3/b15-14-,26-23?,30-29?,33-25?,36-34?. The third-order valence-corrected chi connectivity index (χ3v) is 8.76. The second kappa shape index (κ2) is 23.9. The van der Waals surface area contributed by atoms with Crippen molar-refractivity contribution >= 4 is 11.9 Å². The average Bonchev–Trinajstić information content (AvgIpc) is 2.97. The van der Waals surface area contributed by atoms with Crippen LogP contribution < -0.4 is 0 Å². The third-order valence-electron chi connectivity index (χ3n) is 8.76. The van der Waals surface area contributed by atoms with Gasteiger partial charge in [0.2, 0.25) is 0 Å². The predicted molar refractivity (Wildman–Crippen MR) is 187 cm³/mol. The molecule has 4 heteroatoms. The normalized spacial score (nSPS) is 16.4. The van der Waals surface area contributed by atoms with Gasteiger partial charge in [-0.2, -0.15) is 0 Å². The molecule has 0 atom stereocenters. The fraction of sp³-hybridized carbons (Fsp3) is 0.650. The van der Waals surface area contributed by atoms with Crippen LogP contribution in [0, 0.1) is 5.41 Å². The maximum atomic E-state index is 12.7. The molecule has 0 unspecified atom stereocenters. The zero-order valence-electron chi connectivity index (χ0n) is 29.1. The molecule has 0 aromatic carbocycles. The lowest BCUT2D eigenvalue weighted by Crippen LogP contribution is -2.19. The number of carbonyl (C=O) groups excluding carboxylic acids is 2. The first-order chi connectivity index (χ1) is 21.1. The number of aliphatic hydroxyl groups is 1. The molecule has 0 radical (unpaired) electrons. The van der Waals surface area contributed by atoms with E-state index in [4.69, 9.17) is 9.84 Å². The van der Waals surface area contributed by atoms with E-state index in [-0.39, 0.29) is 5.41 Å². The summed E-state index contributed by atoms with van der Waals surface area (Å²) in [6.07, 6.45) is 36.4. The number of rotatable bonds is 22. The minimum absolute atomic E-state index is 0.208. The fourth-order valence-electron chi connectivity index (χ4n) is 5.93. The number of aliphatic hydroxyl groups excluding tert-OH is 1. The van der Waals surface area contributed by atoms with Gasteiger partial charge in [0.05, 0.1) is 0 Å². The number of unbranched alkanes of at least 4 members (excludes halogenated alkanes) is 12. The Balaban J connectivity index is 2.54. The number of hydrogen-bond donors (Lipinski definition) is 1. The van der Waals surface area contributed by atoms with Crippen molar-refractivity contribution in [3.63, 3.8) is 0 Å². The highest BCUT2D eigenvalue weighted by molar-refractivity contribution is 5.97. The lowest BCUT2D eigenvalue weighted by Gasteiger charge is -2.32. The van der Waals surface area contributed by atoms with Crippen molar-refractivity contribution < 1.29 is 19.4 Å². The first-order valence-corrected chi connectivity index (χ1v) is 17.6. The van der Waals surface area contributed by atoms with Crippen molar-refractivity contribution in [1.82, 2.24) is 0 Å². The Kier molecular flexibility index (Phi) is 21.5. The molecule has 0 aliphatic heterocycles. The monoisotopic (exact) mass is 608 g/mol. The van der Waals surface area contributed by atoms with Crippen molar-refractivity contribution in [2.45, 2.75) is 157 Å². The zero-order valence-corrected chi connectivity index (χ0v) is 29.1. The quantitative estimate of drug-likeness (QED) is 0.0332. The molecule has 0 saturated heterocycles. The van der Waals surface area contributed by atoms with Gasteiger partial charge in [-0.3, -0.25) is 0 Å². The van der Waals surface area contributed by atoms with Crippen molar-refractivity contribution in [3.8, 4) is 0 Å². The van der Waals surface area contributed by atoms with Crippen LogP contribution in [0.4, 0.5) is 0 Å². The van der Waals surface area contributed by atoms with Crippen LogP contribution in [0.5, 0.6) is 0 Å². The third kappa shape index (κ3) is 17.7. The van der Waals surface area contributed by atoms with E-state index >= 15 is 0 Å². The summed E-state index contributed by atoms with van der Waals surface area (Å²) in [5, 5.41) is 9.05. The van der Waals surface area contributed by atoms with Crippen molar-refractivity contribution in [2.75, 3.05) is 6.61 Å². The molecular weight excluding hydrogens is 544 g/mol. The Hall–Kier alpha value is -2.46. The molecular formula is C40H64O4. The van der Waals surface area contributed by atoms with Crippen molar-refractivity contribution in [1.29, 1.82) is 0 Å². The molecule has 0 fully saturated rings. The van der Waals surface area contributed by atoms with Crippen LogP contribution in [0.3, 0.4) is 0 Å². The lowest BCUT2D eigenvalue weighted by molar-refractivity contribution is -0.159. The summed E-state index contributed by atoms with van der Waals surface area (Å²) in [6.45, 7) is 12.3. The van der Waals surface area contributed by atoms with Gasteiger partial charge in [-0.1, -0.05) is 132 Å². The summed E-state index contributed by atoms with van der Waals surface area (Å²) in [6, 6.07) is 0. The van der Waals surface area contributed by atoms with Gasteiger partial charge in [-0.05, 0) is 95.1 Å². The molecule has 0 amide bonds. The van der Waals surface area contributed by atoms with E-state index in [0.29, 0.717) is 12.0 Å². The molecule has 0 saturated carbocycles.